The van der Waals surface area contributed by atoms with E-state index in [1.54, 1.807) is 42.6 Å². The fraction of sp³-hybridized carbons (Fsp3) is 0.200. The van der Waals surface area contributed by atoms with Crippen molar-refractivity contribution in [2.24, 2.45) is 7.05 Å². The second-order valence-corrected chi connectivity index (χ2v) is 9.25. The number of hydrogen-bond acceptors (Lipinski definition) is 7. The molecule has 0 aliphatic rings. The molecule has 1 aromatic carbocycles. The lowest BCUT2D eigenvalue weighted by Crippen LogP contribution is -2.19. The first kappa shape index (κ1) is 21.0. The highest BCUT2D eigenvalue weighted by Gasteiger charge is 2.25. The van der Waals surface area contributed by atoms with Gasteiger partial charge in [0.15, 0.2) is 5.82 Å². The van der Waals surface area contributed by atoms with Crippen LogP contribution in [0.25, 0.3) is 5.65 Å². The molecule has 4 rings (SSSR count). The Morgan fingerprint density at radius 3 is 2.68 bits per heavy atom. The van der Waals surface area contributed by atoms with Crippen molar-refractivity contribution in [3.05, 3.63) is 81.1 Å². The van der Waals surface area contributed by atoms with Crippen LogP contribution in [0.4, 0.5) is 0 Å². The van der Waals surface area contributed by atoms with Crippen LogP contribution in [0.15, 0.2) is 58.6 Å². The first-order valence-electron chi connectivity index (χ1n) is 9.22. The molecule has 31 heavy (non-hydrogen) atoms. The molecule has 0 saturated heterocycles. The fourth-order valence-corrected chi connectivity index (χ4v) is 4.58. The van der Waals surface area contributed by atoms with Gasteiger partial charge in [-0.2, -0.15) is 0 Å². The summed E-state index contributed by atoms with van der Waals surface area (Å²) in [4.78, 5) is 16.7. The van der Waals surface area contributed by atoms with Gasteiger partial charge in [-0.05, 0) is 30.7 Å². The highest BCUT2D eigenvalue weighted by molar-refractivity contribution is 7.90. The number of para-hydroxylation sites is 1. The highest BCUT2D eigenvalue weighted by atomic mass is 35.5. The molecular weight excluding hydrogens is 442 g/mol. The van der Waals surface area contributed by atoms with Crippen molar-refractivity contribution >= 4 is 27.1 Å². The van der Waals surface area contributed by atoms with Crippen molar-refractivity contribution in [1.82, 2.24) is 24.1 Å². The Balaban J connectivity index is 1.58. The summed E-state index contributed by atoms with van der Waals surface area (Å²) in [6.07, 6.45) is 1.65. The van der Waals surface area contributed by atoms with E-state index in [1.807, 2.05) is 6.92 Å². The van der Waals surface area contributed by atoms with Crippen LogP contribution in [-0.2, 0) is 29.2 Å². The number of sulfone groups is 1. The molecule has 0 aliphatic heterocycles. The van der Waals surface area contributed by atoms with Crippen LogP contribution in [0.3, 0.4) is 0 Å². The molecule has 0 aliphatic carbocycles. The number of aryl methyl sites for hydroxylation is 1. The van der Waals surface area contributed by atoms with Crippen LogP contribution < -0.4 is 10.3 Å². The maximum atomic E-state index is 12.9. The molecule has 11 heteroatoms. The monoisotopic (exact) mass is 459 g/mol. The van der Waals surface area contributed by atoms with E-state index in [4.69, 9.17) is 16.3 Å². The Hall–Kier alpha value is -3.24. The average Bonchev–Trinajstić information content (AvgIpc) is 3.09. The molecule has 0 fully saturated rings. The Morgan fingerprint density at radius 1 is 1.13 bits per heavy atom. The zero-order valence-electron chi connectivity index (χ0n) is 16.7. The first-order chi connectivity index (χ1) is 14.7. The van der Waals surface area contributed by atoms with Gasteiger partial charge in [0.1, 0.15) is 23.8 Å². The maximum Gasteiger partial charge on any atom is 0.258 e. The zero-order valence-corrected chi connectivity index (χ0v) is 18.3. The molecule has 3 aromatic heterocycles. The molecule has 9 nitrogen and oxygen atoms in total. The molecule has 160 valence electrons. The van der Waals surface area contributed by atoms with Crippen LogP contribution in [0, 0.1) is 6.92 Å². The van der Waals surface area contributed by atoms with E-state index in [0.717, 1.165) is 5.56 Å². The van der Waals surface area contributed by atoms with Crippen LogP contribution in [0.2, 0.25) is 5.02 Å². The summed E-state index contributed by atoms with van der Waals surface area (Å²) in [7, 11) is -2.38. The molecule has 0 N–H and O–H groups in total. The topological polar surface area (TPSA) is 108 Å². The van der Waals surface area contributed by atoms with Crippen molar-refractivity contribution in [3.63, 3.8) is 0 Å². The zero-order chi connectivity index (χ0) is 22.2. The van der Waals surface area contributed by atoms with Crippen molar-refractivity contribution < 1.29 is 13.2 Å². The van der Waals surface area contributed by atoms with Gasteiger partial charge in [-0.3, -0.25) is 9.20 Å². The number of fused-ring (bicyclic) bond motifs is 1. The summed E-state index contributed by atoms with van der Waals surface area (Å²) in [5.41, 5.74) is 1.04. The van der Waals surface area contributed by atoms with E-state index in [2.05, 4.69) is 15.2 Å². The third kappa shape index (κ3) is 4.30. The van der Waals surface area contributed by atoms with Crippen molar-refractivity contribution in [3.8, 4) is 5.75 Å². The van der Waals surface area contributed by atoms with E-state index >= 15 is 0 Å². The number of nitrogens with zero attached hydrogens (tertiary/aromatic N) is 5. The van der Waals surface area contributed by atoms with Crippen LogP contribution in [0.5, 0.6) is 5.75 Å². The minimum absolute atomic E-state index is 0.0162. The predicted molar refractivity (Wildman–Crippen MR) is 114 cm³/mol. The quantitative estimate of drug-likeness (QED) is 0.435. The van der Waals surface area contributed by atoms with E-state index in [1.165, 1.54) is 22.1 Å². The minimum Gasteiger partial charge on any atom is -0.484 e. The summed E-state index contributed by atoms with van der Waals surface area (Å²) < 4.78 is 34.2. The predicted octanol–water partition coefficient (Wildman–Crippen LogP) is 2.34. The van der Waals surface area contributed by atoms with Gasteiger partial charge in [0, 0.05) is 19.3 Å². The van der Waals surface area contributed by atoms with E-state index < -0.39 is 15.6 Å². The second kappa shape index (κ2) is 8.12. The fourth-order valence-electron chi connectivity index (χ4n) is 3.04. The molecule has 3 heterocycles. The summed E-state index contributed by atoms with van der Waals surface area (Å²) >= 11 is 6.06. The Kier molecular flexibility index (Phi) is 5.50. The molecule has 0 unspecified atom stereocenters. The molecule has 0 spiro atoms. The van der Waals surface area contributed by atoms with E-state index in [9.17, 15) is 13.2 Å². The number of benzene rings is 1. The molecule has 4 aromatic rings. The van der Waals surface area contributed by atoms with Crippen LogP contribution >= 0.6 is 11.6 Å². The van der Waals surface area contributed by atoms with Gasteiger partial charge in [0.05, 0.1) is 10.7 Å². The molecule has 0 radical (unpaired) electrons. The average molecular weight is 460 g/mol. The van der Waals surface area contributed by atoms with Gasteiger partial charge in [-0.25, -0.2) is 13.4 Å². The molecular formula is C20H18ClN5O4S. The number of halogens is 1. The van der Waals surface area contributed by atoms with Gasteiger partial charge in [0.25, 0.3) is 5.56 Å². The Labute approximate surface area is 182 Å². The molecule has 0 bridgehead atoms. The number of hydrogen-bond donors (Lipinski definition) is 0. The third-order valence-electron chi connectivity index (χ3n) is 4.60. The van der Waals surface area contributed by atoms with Crippen LogP contribution in [-0.4, -0.2) is 32.6 Å². The first-order valence-corrected chi connectivity index (χ1v) is 11.2. The van der Waals surface area contributed by atoms with Gasteiger partial charge < -0.3 is 9.30 Å². The summed E-state index contributed by atoms with van der Waals surface area (Å²) in [6, 6.07) is 11.6. The van der Waals surface area contributed by atoms with Gasteiger partial charge >= 0.3 is 0 Å². The Bertz CT molecular complexity index is 1450. The van der Waals surface area contributed by atoms with Crippen LogP contribution in [0.1, 0.15) is 17.1 Å². The Morgan fingerprint density at radius 2 is 1.90 bits per heavy atom. The minimum atomic E-state index is -3.91. The number of pyridine rings is 1. The largest absolute Gasteiger partial charge is 0.484 e. The van der Waals surface area contributed by atoms with Gasteiger partial charge in [-0.15, -0.1) is 10.2 Å². The second-order valence-electron chi connectivity index (χ2n) is 6.96. The van der Waals surface area contributed by atoms with Crippen molar-refractivity contribution in [2.75, 3.05) is 0 Å². The molecule has 0 amide bonds. The third-order valence-corrected chi connectivity index (χ3v) is 6.50. The lowest BCUT2D eigenvalue weighted by atomic mass is 10.3. The summed E-state index contributed by atoms with van der Waals surface area (Å²) in [5.74, 6) is 0.275. The van der Waals surface area contributed by atoms with Crippen molar-refractivity contribution in [2.45, 2.75) is 24.4 Å². The lowest BCUT2D eigenvalue weighted by molar-refractivity contribution is 0.290. The number of aromatic nitrogens is 5. The smallest absolute Gasteiger partial charge is 0.258 e. The van der Waals surface area contributed by atoms with E-state index in [-0.39, 0.29) is 23.0 Å². The normalized spacial score (nSPS) is 11.7. The number of ether oxygens (including phenoxy) is 1. The molecule has 0 saturated carbocycles. The molecule has 0 atom stereocenters. The highest BCUT2D eigenvalue weighted by Crippen LogP contribution is 2.24. The summed E-state index contributed by atoms with van der Waals surface area (Å²) in [5, 5.41) is 7.93. The number of rotatable bonds is 6. The van der Waals surface area contributed by atoms with Crippen molar-refractivity contribution in [1.29, 1.82) is 0 Å². The SMILES string of the molecule is Cc1ccc2nc(CS(=O)(=O)c3nnc(COc4ccccc4Cl)n3C)cc(=O)n2c1. The summed E-state index contributed by atoms with van der Waals surface area (Å²) in [6.45, 7) is 1.84. The van der Waals surface area contributed by atoms with E-state index in [0.29, 0.717) is 22.2 Å². The maximum absolute atomic E-state index is 12.9. The standard InChI is InChI=1S/C20H18ClN5O4S/c1-13-7-8-17-22-14(9-19(27)26(17)10-13)12-31(28,29)20-24-23-18(25(20)2)11-30-16-6-4-3-5-15(16)21/h3-10H,11-12H2,1-2H3. The van der Waals surface area contributed by atoms with Gasteiger partial charge in [-0.1, -0.05) is 29.8 Å². The lowest BCUT2D eigenvalue weighted by Gasteiger charge is -2.08. The van der Waals surface area contributed by atoms with Gasteiger partial charge in [0.2, 0.25) is 15.0 Å².